The monoisotopic (exact) mass is 490 g/mol. The number of fused-ring (bicyclic) bond motifs is 1. The van der Waals surface area contributed by atoms with Gasteiger partial charge in [-0.2, -0.15) is 0 Å². The molecule has 0 atom stereocenters. The zero-order chi connectivity index (χ0) is 24.7. The van der Waals surface area contributed by atoms with Crippen LogP contribution in [0.1, 0.15) is 25.0 Å². The molecular formula is C27H34N6O3. The molecule has 0 radical (unpaired) electrons. The Morgan fingerprint density at radius 1 is 1.06 bits per heavy atom. The van der Waals surface area contributed by atoms with Crippen molar-refractivity contribution in [3.63, 3.8) is 0 Å². The van der Waals surface area contributed by atoms with Crippen LogP contribution in [0.4, 0.5) is 11.4 Å². The summed E-state index contributed by atoms with van der Waals surface area (Å²) in [5.74, 6) is 1.38. The number of hydrazine groups is 1. The number of benzene rings is 2. The normalized spacial score (nSPS) is 15.7. The van der Waals surface area contributed by atoms with Gasteiger partial charge in [-0.25, -0.2) is 10.4 Å². The minimum Gasteiger partial charge on any atom is -0.497 e. The van der Waals surface area contributed by atoms with Crippen molar-refractivity contribution in [1.29, 1.82) is 0 Å². The smallest absolute Gasteiger partial charge is 0.125 e. The molecule has 2 aliphatic rings. The highest BCUT2D eigenvalue weighted by Crippen LogP contribution is 2.34. The molecule has 3 N–H and O–H groups in total. The largest absolute Gasteiger partial charge is 0.497 e. The van der Waals surface area contributed by atoms with Gasteiger partial charge in [-0.3, -0.25) is 4.98 Å². The van der Waals surface area contributed by atoms with Gasteiger partial charge in [0.15, 0.2) is 0 Å². The molecule has 0 aliphatic carbocycles. The Morgan fingerprint density at radius 2 is 1.92 bits per heavy atom. The van der Waals surface area contributed by atoms with Gasteiger partial charge in [0.1, 0.15) is 18.1 Å². The predicted octanol–water partition coefficient (Wildman–Crippen LogP) is 3.08. The third kappa shape index (κ3) is 5.70. The maximum absolute atomic E-state index is 9.24. The number of nitrogens with one attached hydrogen (secondary N) is 2. The molecule has 2 aromatic carbocycles. The summed E-state index contributed by atoms with van der Waals surface area (Å²) in [6.45, 7) is 5.18. The number of aliphatic hydroxyl groups excluding tert-OH is 1. The number of hydrogen-bond acceptors (Lipinski definition) is 9. The first-order valence-corrected chi connectivity index (χ1v) is 12.6. The maximum atomic E-state index is 9.24. The van der Waals surface area contributed by atoms with E-state index in [1.54, 1.807) is 7.11 Å². The molecule has 5 rings (SSSR count). The van der Waals surface area contributed by atoms with Crippen molar-refractivity contribution in [2.24, 2.45) is 0 Å². The first-order valence-electron chi connectivity index (χ1n) is 12.6. The molecule has 0 saturated carbocycles. The minimum absolute atomic E-state index is 0.0424. The van der Waals surface area contributed by atoms with Crippen LogP contribution in [0.15, 0.2) is 48.8 Å². The van der Waals surface area contributed by atoms with E-state index in [1.807, 2.05) is 36.7 Å². The molecule has 1 saturated heterocycles. The van der Waals surface area contributed by atoms with Crippen LogP contribution in [-0.4, -0.2) is 73.0 Å². The van der Waals surface area contributed by atoms with Crippen LogP contribution in [0.3, 0.4) is 0 Å². The number of nitrogens with zero attached hydrogens (tertiary/aromatic N) is 4. The van der Waals surface area contributed by atoms with Crippen molar-refractivity contribution >= 4 is 28.0 Å². The maximum Gasteiger partial charge on any atom is 0.125 e. The lowest BCUT2D eigenvalue weighted by molar-refractivity contribution is 0.201. The number of anilines is 2. The predicted molar refractivity (Wildman–Crippen MR) is 142 cm³/mol. The average molecular weight is 491 g/mol. The van der Waals surface area contributed by atoms with Crippen LogP contribution >= 0.6 is 0 Å². The SMILES string of the molecule is COc1cc(OCCO)cc(N(CCCN2CCCC2)c2ccc3ncc(C4=CNNC4)nc3c2)c1. The molecule has 1 fully saturated rings. The Morgan fingerprint density at radius 3 is 2.69 bits per heavy atom. The Bertz CT molecular complexity index is 1210. The Hall–Kier alpha value is -3.40. The van der Waals surface area contributed by atoms with Crippen LogP contribution in [-0.2, 0) is 0 Å². The summed E-state index contributed by atoms with van der Waals surface area (Å²) in [7, 11) is 1.65. The first kappa shape index (κ1) is 24.3. The molecule has 36 heavy (non-hydrogen) atoms. The van der Waals surface area contributed by atoms with Crippen molar-refractivity contribution in [3.05, 3.63) is 54.5 Å². The standard InChI is InChI=1S/C27H34N6O3/c1-35-23-13-22(14-24(16-23)36-12-11-34)33(10-4-9-32-7-2-3-8-32)21-5-6-25-26(15-21)31-27(19-28-25)20-17-29-30-18-20/h5-6,13-17,19,29-30,34H,2-4,7-12,18H2,1H3. The van der Waals surface area contributed by atoms with Gasteiger partial charge in [0.05, 0.1) is 36.6 Å². The van der Waals surface area contributed by atoms with Crippen LogP contribution in [0.2, 0.25) is 0 Å². The lowest BCUT2D eigenvalue weighted by atomic mass is 10.1. The first-order chi connectivity index (χ1) is 17.7. The van der Waals surface area contributed by atoms with E-state index in [0.717, 1.165) is 53.2 Å². The summed E-state index contributed by atoms with van der Waals surface area (Å²) in [6, 6.07) is 12.1. The fourth-order valence-corrected chi connectivity index (χ4v) is 4.77. The number of ether oxygens (including phenoxy) is 2. The molecule has 0 unspecified atom stereocenters. The molecule has 3 heterocycles. The molecular weight excluding hydrogens is 456 g/mol. The van der Waals surface area contributed by atoms with Gasteiger partial charge in [-0.15, -0.1) is 0 Å². The number of aliphatic hydroxyl groups is 1. The lowest BCUT2D eigenvalue weighted by Gasteiger charge is -2.27. The van der Waals surface area contributed by atoms with Gasteiger partial charge in [-0.05, 0) is 57.1 Å². The molecule has 9 heteroatoms. The van der Waals surface area contributed by atoms with E-state index < -0.39 is 0 Å². The van der Waals surface area contributed by atoms with Gasteiger partial charge < -0.3 is 29.8 Å². The summed E-state index contributed by atoms with van der Waals surface area (Å²) in [4.78, 5) is 14.4. The minimum atomic E-state index is -0.0424. The van der Waals surface area contributed by atoms with E-state index >= 15 is 0 Å². The zero-order valence-electron chi connectivity index (χ0n) is 20.7. The van der Waals surface area contributed by atoms with E-state index in [2.05, 4.69) is 37.8 Å². The van der Waals surface area contributed by atoms with E-state index in [1.165, 1.54) is 25.9 Å². The summed E-state index contributed by atoms with van der Waals surface area (Å²) in [5, 5.41) is 9.24. The van der Waals surface area contributed by atoms with Crippen molar-refractivity contribution in [2.75, 3.05) is 57.9 Å². The van der Waals surface area contributed by atoms with Crippen molar-refractivity contribution in [1.82, 2.24) is 25.7 Å². The van der Waals surface area contributed by atoms with Crippen molar-refractivity contribution < 1.29 is 14.6 Å². The fraction of sp³-hybridized carbons (Fsp3) is 0.407. The summed E-state index contributed by atoms with van der Waals surface area (Å²) in [5.41, 5.74) is 11.8. The highest BCUT2D eigenvalue weighted by Gasteiger charge is 2.17. The Kier molecular flexibility index (Phi) is 7.80. The van der Waals surface area contributed by atoms with E-state index in [4.69, 9.17) is 14.5 Å². The number of likely N-dealkylation sites (tertiary alicyclic amines) is 1. The topological polar surface area (TPSA) is 95.0 Å². The molecule has 2 aliphatic heterocycles. The van der Waals surface area contributed by atoms with Crippen LogP contribution in [0.25, 0.3) is 16.6 Å². The average Bonchev–Trinajstić information content (AvgIpc) is 3.64. The molecule has 0 amide bonds. The summed E-state index contributed by atoms with van der Waals surface area (Å²) >= 11 is 0. The molecule has 9 nitrogen and oxygen atoms in total. The number of methoxy groups -OCH3 is 1. The molecule has 3 aromatic rings. The molecule has 0 bridgehead atoms. The Balaban J connectivity index is 1.48. The van der Waals surface area contributed by atoms with Gasteiger partial charge >= 0.3 is 0 Å². The fourth-order valence-electron chi connectivity index (χ4n) is 4.77. The second-order valence-corrected chi connectivity index (χ2v) is 9.09. The van der Waals surface area contributed by atoms with Crippen molar-refractivity contribution in [2.45, 2.75) is 19.3 Å². The zero-order valence-corrected chi connectivity index (χ0v) is 20.7. The van der Waals surface area contributed by atoms with Crippen LogP contribution < -0.4 is 25.2 Å². The highest BCUT2D eigenvalue weighted by atomic mass is 16.5. The van der Waals surface area contributed by atoms with Gasteiger partial charge in [0.25, 0.3) is 0 Å². The summed E-state index contributed by atoms with van der Waals surface area (Å²) < 4.78 is 11.3. The summed E-state index contributed by atoms with van der Waals surface area (Å²) in [6.07, 6.45) is 7.35. The quantitative estimate of drug-likeness (QED) is 0.375. The number of rotatable bonds is 11. The van der Waals surface area contributed by atoms with Crippen molar-refractivity contribution in [3.8, 4) is 11.5 Å². The third-order valence-electron chi connectivity index (χ3n) is 6.62. The van der Waals surface area contributed by atoms with Crippen LogP contribution in [0.5, 0.6) is 11.5 Å². The number of aromatic nitrogens is 2. The van der Waals surface area contributed by atoms with Crippen LogP contribution in [0, 0.1) is 0 Å². The van der Waals surface area contributed by atoms with Gasteiger partial charge in [0, 0.05) is 54.4 Å². The third-order valence-corrected chi connectivity index (χ3v) is 6.62. The van der Waals surface area contributed by atoms with E-state index in [9.17, 15) is 5.11 Å². The molecule has 190 valence electrons. The Labute approximate surface area is 211 Å². The molecule has 0 spiro atoms. The second kappa shape index (κ2) is 11.6. The van der Waals surface area contributed by atoms with Gasteiger partial charge in [0.2, 0.25) is 0 Å². The lowest BCUT2D eigenvalue weighted by Crippen LogP contribution is -2.26. The highest BCUT2D eigenvalue weighted by molar-refractivity contribution is 5.82. The van der Waals surface area contributed by atoms with E-state index in [-0.39, 0.29) is 13.2 Å². The second-order valence-electron chi connectivity index (χ2n) is 9.09. The van der Waals surface area contributed by atoms with E-state index in [0.29, 0.717) is 18.0 Å². The number of hydrogen-bond donors (Lipinski definition) is 3. The molecule has 1 aromatic heterocycles. The van der Waals surface area contributed by atoms with Gasteiger partial charge in [-0.1, -0.05) is 0 Å².